The summed E-state index contributed by atoms with van der Waals surface area (Å²) in [4.78, 5) is 29.0. The number of urea groups is 1. The second-order valence-corrected chi connectivity index (χ2v) is 7.50. The number of nitrogens with zero attached hydrogens (tertiary/aromatic N) is 2. The van der Waals surface area contributed by atoms with Crippen molar-refractivity contribution in [3.8, 4) is 0 Å². The molecule has 4 rings (SSSR count). The van der Waals surface area contributed by atoms with Crippen LogP contribution in [-0.2, 0) is 4.79 Å². The van der Waals surface area contributed by atoms with Crippen molar-refractivity contribution in [2.24, 2.45) is 0 Å². The maximum atomic E-state index is 13.1. The fourth-order valence-corrected chi connectivity index (χ4v) is 4.47. The average molecular weight is 397 g/mol. The van der Waals surface area contributed by atoms with Crippen LogP contribution in [0.1, 0.15) is 31.2 Å². The number of nitrogens with one attached hydrogen (secondary N) is 1. The normalized spacial score (nSPS) is 22.4. The van der Waals surface area contributed by atoms with Crippen molar-refractivity contribution in [2.45, 2.75) is 37.8 Å². The standard InChI is InChI=1S/C22H24FN3O3/c1-2-5-20(28)25-12-18-21(16-6-3-4-7-17(16)25)19(13-27)26(18)22(29)24-15-10-8-14(23)9-11-15/h3-4,6-11,18-19,21,27H,2,5,12-13H2,1H3,(H,24,29)/t18-,19-,21+/m1/s1. The largest absolute Gasteiger partial charge is 0.394 e. The number of likely N-dealkylation sites (tertiary alicyclic amines) is 1. The van der Waals surface area contributed by atoms with Crippen LogP contribution in [0.15, 0.2) is 48.5 Å². The molecular weight excluding hydrogens is 373 g/mol. The molecule has 7 heteroatoms. The van der Waals surface area contributed by atoms with Crippen molar-refractivity contribution in [1.82, 2.24) is 4.90 Å². The van der Waals surface area contributed by atoms with E-state index in [0.717, 1.165) is 17.7 Å². The molecule has 0 radical (unpaired) electrons. The summed E-state index contributed by atoms with van der Waals surface area (Å²) in [6.45, 7) is 2.19. The first-order chi connectivity index (χ1) is 14.0. The minimum atomic E-state index is -0.380. The van der Waals surface area contributed by atoms with Gasteiger partial charge in [-0.05, 0) is 42.3 Å². The molecule has 0 spiro atoms. The molecule has 1 fully saturated rings. The Hall–Kier alpha value is -2.93. The average Bonchev–Trinajstić information content (AvgIpc) is 2.70. The summed E-state index contributed by atoms with van der Waals surface area (Å²) in [5, 5.41) is 12.7. The van der Waals surface area contributed by atoms with E-state index in [-0.39, 0.29) is 42.4 Å². The van der Waals surface area contributed by atoms with Crippen LogP contribution in [0, 0.1) is 5.82 Å². The molecule has 2 N–H and O–H groups in total. The van der Waals surface area contributed by atoms with Gasteiger partial charge in [0.1, 0.15) is 5.82 Å². The summed E-state index contributed by atoms with van der Waals surface area (Å²) in [6.07, 6.45) is 1.19. The van der Waals surface area contributed by atoms with Crippen molar-refractivity contribution in [1.29, 1.82) is 0 Å². The number of hydrogen-bond donors (Lipinski definition) is 2. The number of anilines is 2. The first-order valence-electron chi connectivity index (χ1n) is 9.90. The smallest absolute Gasteiger partial charge is 0.322 e. The van der Waals surface area contributed by atoms with E-state index < -0.39 is 0 Å². The molecule has 6 nitrogen and oxygen atoms in total. The van der Waals surface area contributed by atoms with E-state index in [2.05, 4.69) is 5.32 Å². The summed E-state index contributed by atoms with van der Waals surface area (Å²) in [7, 11) is 0. The molecule has 1 saturated heterocycles. The maximum absolute atomic E-state index is 13.1. The predicted molar refractivity (Wildman–Crippen MR) is 108 cm³/mol. The first kappa shape index (κ1) is 19.4. The van der Waals surface area contributed by atoms with Crippen LogP contribution in [-0.4, -0.2) is 47.2 Å². The van der Waals surface area contributed by atoms with Gasteiger partial charge < -0.3 is 20.2 Å². The van der Waals surface area contributed by atoms with Gasteiger partial charge >= 0.3 is 6.03 Å². The number of carbonyl (C=O) groups is 2. The van der Waals surface area contributed by atoms with Crippen LogP contribution in [0.25, 0.3) is 0 Å². The Balaban J connectivity index is 1.61. The molecule has 0 saturated carbocycles. The number of rotatable bonds is 4. The van der Waals surface area contributed by atoms with Crippen LogP contribution < -0.4 is 10.2 Å². The molecule has 3 amide bonds. The Kier molecular flexibility index (Phi) is 5.24. The molecule has 2 aliphatic heterocycles. The SMILES string of the molecule is CCCC(=O)N1C[C@@H]2[C@H](c3ccccc31)[C@@H](CO)N2C(=O)Nc1ccc(F)cc1. The Morgan fingerprint density at radius 2 is 1.90 bits per heavy atom. The molecule has 29 heavy (non-hydrogen) atoms. The van der Waals surface area contributed by atoms with Crippen LogP contribution in [0.3, 0.4) is 0 Å². The topological polar surface area (TPSA) is 72.9 Å². The molecule has 0 aromatic heterocycles. The zero-order valence-electron chi connectivity index (χ0n) is 16.2. The number of carbonyl (C=O) groups excluding carboxylic acids is 2. The quantitative estimate of drug-likeness (QED) is 0.831. The highest BCUT2D eigenvalue weighted by Crippen LogP contribution is 2.48. The van der Waals surface area contributed by atoms with Crippen LogP contribution in [0.4, 0.5) is 20.6 Å². The summed E-state index contributed by atoms with van der Waals surface area (Å²) in [6, 6.07) is 12.3. The van der Waals surface area contributed by atoms with E-state index >= 15 is 0 Å². The van der Waals surface area contributed by atoms with Gasteiger partial charge in [-0.3, -0.25) is 4.79 Å². The van der Waals surface area contributed by atoms with E-state index in [9.17, 15) is 19.1 Å². The zero-order valence-corrected chi connectivity index (χ0v) is 16.2. The molecule has 0 aliphatic carbocycles. The molecule has 2 aromatic carbocycles. The van der Waals surface area contributed by atoms with Gasteiger partial charge in [-0.1, -0.05) is 25.1 Å². The minimum Gasteiger partial charge on any atom is -0.394 e. The molecule has 3 atom stereocenters. The van der Waals surface area contributed by atoms with Crippen molar-refractivity contribution in [2.75, 3.05) is 23.4 Å². The van der Waals surface area contributed by atoms with Crippen molar-refractivity contribution in [3.05, 3.63) is 59.9 Å². The Morgan fingerprint density at radius 1 is 1.17 bits per heavy atom. The second-order valence-electron chi connectivity index (χ2n) is 7.50. The van der Waals surface area contributed by atoms with E-state index in [0.29, 0.717) is 18.7 Å². The summed E-state index contributed by atoms with van der Waals surface area (Å²) >= 11 is 0. The third-order valence-electron chi connectivity index (χ3n) is 5.78. The van der Waals surface area contributed by atoms with Gasteiger partial charge in [0.2, 0.25) is 5.91 Å². The second kappa shape index (κ2) is 7.83. The lowest BCUT2D eigenvalue weighted by Crippen LogP contribution is -2.71. The van der Waals surface area contributed by atoms with Gasteiger partial charge in [-0.2, -0.15) is 0 Å². The van der Waals surface area contributed by atoms with E-state index in [1.807, 2.05) is 31.2 Å². The third kappa shape index (κ3) is 3.35. The Bertz CT molecular complexity index is 918. The van der Waals surface area contributed by atoms with E-state index in [4.69, 9.17) is 0 Å². The number of aliphatic hydroxyl groups excluding tert-OH is 1. The number of halogens is 1. The molecule has 2 heterocycles. The highest BCUT2D eigenvalue weighted by Gasteiger charge is 2.55. The zero-order chi connectivity index (χ0) is 20.5. The summed E-state index contributed by atoms with van der Waals surface area (Å²) in [5.74, 6) is -0.375. The monoisotopic (exact) mass is 397 g/mol. The Morgan fingerprint density at radius 3 is 2.59 bits per heavy atom. The van der Waals surface area contributed by atoms with Crippen LogP contribution >= 0.6 is 0 Å². The first-order valence-corrected chi connectivity index (χ1v) is 9.90. The van der Waals surface area contributed by atoms with Crippen molar-refractivity contribution in [3.63, 3.8) is 0 Å². The molecule has 0 bridgehead atoms. The van der Waals surface area contributed by atoms with E-state index in [1.165, 1.54) is 24.3 Å². The number of hydrogen-bond acceptors (Lipinski definition) is 3. The van der Waals surface area contributed by atoms with Gasteiger partial charge in [-0.15, -0.1) is 0 Å². The van der Waals surface area contributed by atoms with Gasteiger partial charge in [0, 0.05) is 30.3 Å². The lowest BCUT2D eigenvalue weighted by molar-refractivity contribution is -0.119. The fraction of sp³-hybridized carbons (Fsp3) is 0.364. The summed E-state index contributed by atoms with van der Waals surface area (Å²) < 4.78 is 13.1. The fourth-order valence-electron chi connectivity index (χ4n) is 4.47. The highest BCUT2D eigenvalue weighted by atomic mass is 19.1. The number of fused-ring (bicyclic) bond motifs is 3. The maximum Gasteiger partial charge on any atom is 0.322 e. The molecule has 2 aliphatic rings. The van der Waals surface area contributed by atoms with Crippen LogP contribution in [0.2, 0.25) is 0 Å². The van der Waals surface area contributed by atoms with Gasteiger partial charge in [0.25, 0.3) is 0 Å². The van der Waals surface area contributed by atoms with Gasteiger partial charge in [-0.25, -0.2) is 9.18 Å². The number of amides is 3. The molecular formula is C22H24FN3O3. The molecule has 0 unspecified atom stereocenters. The molecule has 2 aromatic rings. The van der Waals surface area contributed by atoms with E-state index in [1.54, 1.807) is 9.80 Å². The lowest BCUT2D eigenvalue weighted by atomic mass is 9.72. The number of para-hydroxylation sites is 1. The minimum absolute atomic E-state index is 0.0270. The van der Waals surface area contributed by atoms with Crippen LogP contribution in [0.5, 0.6) is 0 Å². The third-order valence-corrected chi connectivity index (χ3v) is 5.78. The highest BCUT2D eigenvalue weighted by molar-refractivity contribution is 5.96. The molecule has 152 valence electrons. The Labute approximate surface area is 168 Å². The summed E-state index contributed by atoms with van der Waals surface area (Å²) in [5.41, 5.74) is 2.33. The lowest BCUT2D eigenvalue weighted by Gasteiger charge is -2.58. The van der Waals surface area contributed by atoms with Crippen molar-refractivity contribution < 1.29 is 19.1 Å². The van der Waals surface area contributed by atoms with Gasteiger partial charge in [0.05, 0.1) is 18.7 Å². The van der Waals surface area contributed by atoms with Gasteiger partial charge in [0.15, 0.2) is 0 Å². The number of benzene rings is 2. The predicted octanol–water partition coefficient (Wildman–Crippen LogP) is 3.33. The van der Waals surface area contributed by atoms with Crippen molar-refractivity contribution >= 4 is 23.3 Å². The number of aliphatic hydroxyl groups is 1.